The number of nitrogens with one attached hydrogen (secondary N) is 1. The number of carbonyl (C=O) groups excluding carboxylic acids is 1. The molecule has 14 heteroatoms. The van der Waals surface area contributed by atoms with Gasteiger partial charge in [0.05, 0.1) is 16.8 Å². The van der Waals surface area contributed by atoms with Crippen LogP contribution in [0.4, 0.5) is 13.2 Å². The first-order valence-electron chi connectivity index (χ1n) is 20.0. The van der Waals surface area contributed by atoms with Crippen molar-refractivity contribution in [1.82, 2.24) is 25.2 Å². The third-order valence-corrected chi connectivity index (χ3v) is 19.1. The number of primary amides is 1. The lowest BCUT2D eigenvalue weighted by atomic mass is 9.88. The van der Waals surface area contributed by atoms with Crippen LogP contribution in [0.1, 0.15) is 84.9 Å². The zero-order valence-corrected chi connectivity index (χ0v) is 34.9. The summed E-state index contributed by atoms with van der Waals surface area (Å²) in [5.74, 6) is 1.53. The molecule has 3 atom stereocenters. The van der Waals surface area contributed by atoms with Crippen LogP contribution in [-0.4, -0.2) is 85.7 Å². The summed E-state index contributed by atoms with van der Waals surface area (Å²) >= 11 is 0. The number of pyridine rings is 1. The fraction of sp³-hybridized carbons (Fsp3) is 0.535. The molecule has 10 nitrogen and oxygen atoms in total. The third-order valence-electron chi connectivity index (χ3n) is 12.8. The molecule has 3 N–H and O–H groups in total. The average Bonchev–Trinajstić information content (AvgIpc) is 3.89. The number of methoxy groups -OCH3 is 1. The number of fused-ring (bicyclic) bond motifs is 3. The van der Waals surface area contributed by atoms with Crippen LogP contribution in [0.5, 0.6) is 11.8 Å². The van der Waals surface area contributed by atoms with E-state index >= 15 is 8.78 Å². The van der Waals surface area contributed by atoms with E-state index in [-0.39, 0.29) is 69.5 Å². The Morgan fingerprint density at radius 2 is 1.82 bits per heavy atom. The Kier molecular flexibility index (Phi) is 11.3. The second-order valence-electron chi connectivity index (χ2n) is 16.9. The summed E-state index contributed by atoms with van der Waals surface area (Å²) in [6.07, 6.45) is 3.38. The third kappa shape index (κ3) is 7.04. The molecule has 0 radical (unpaired) electrons. The highest BCUT2D eigenvalue weighted by Crippen LogP contribution is 2.44. The van der Waals surface area contributed by atoms with E-state index in [2.05, 4.69) is 73.2 Å². The molecule has 0 aliphatic carbocycles. The van der Waals surface area contributed by atoms with E-state index in [1.165, 1.54) is 19.4 Å². The maximum Gasteiger partial charge on any atom is 0.317 e. The van der Waals surface area contributed by atoms with Gasteiger partial charge >= 0.3 is 6.01 Å². The molecule has 0 saturated carbocycles. The standard InChI is InChI=1S/C43H53F3N6O4Si/c1-25(2)57(26(3)4,27(5)6)17-12-31-34(45)11-10-28-18-30(56-24-54-7)19-32(35(28)31)37-36(46)38-33(39(50-37)43(40(47)53)14-8-15-49-43)21-48-41(51-38)55-23-42-13-9-16-52(42)22-29(44)20-42/h10-11,18-19,21,25-27,29,49H,8-9,13-16,20,22-24H2,1-7H3,(H2,47,53)/t29-,42+,43?/m1/s1. The van der Waals surface area contributed by atoms with E-state index in [1.807, 2.05) is 0 Å². The summed E-state index contributed by atoms with van der Waals surface area (Å²) in [6, 6.07) is 6.18. The summed E-state index contributed by atoms with van der Waals surface area (Å²) in [7, 11) is -0.866. The van der Waals surface area contributed by atoms with Gasteiger partial charge in [-0.2, -0.15) is 4.98 Å². The predicted octanol–water partition coefficient (Wildman–Crippen LogP) is 7.69. The first-order chi connectivity index (χ1) is 27.2. The van der Waals surface area contributed by atoms with Crippen LogP contribution in [0.2, 0.25) is 16.6 Å². The zero-order valence-electron chi connectivity index (χ0n) is 33.9. The van der Waals surface area contributed by atoms with E-state index in [4.69, 9.17) is 24.9 Å². The molecule has 1 amide bonds. The van der Waals surface area contributed by atoms with E-state index in [9.17, 15) is 9.18 Å². The van der Waals surface area contributed by atoms with Gasteiger partial charge in [-0.25, -0.2) is 23.1 Å². The van der Waals surface area contributed by atoms with Crippen molar-refractivity contribution >= 4 is 35.7 Å². The van der Waals surface area contributed by atoms with Gasteiger partial charge in [0, 0.05) is 42.6 Å². The second-order valence-corrected chi connectivity index (χ2v) is 22.5. The SMILES string of the molecule is COCOc1cc(-c2nc(C3(C(N)=O)CCCN3)c3cnc(OC[C@@]45CCCN4C[C@H](F)C5)nc3c2F)c2c(C#C[Si](C(C)C)(C(C)C)C(C)C)c(F)ccc2c1. The van der Waals surface area contributed by atoms with Crippen LogP contribution in [0.3, 0.4) is 0 Å². The minimum absolute atomic E-state index is 0.0995. The van der Waals surface area contributed by atoms with Gasteiger partial charge in [0.2, 0.25) is 5.91 Å². The van der Waals surface area contributed by atoms with Crippen molar-refractivity contribution in [1.29, 1.82) is 0 Å². The Morgan fingerprint density at radius 3 is 2.49 bits per heavy atom. The van der Waals surface area contributed by atoms with Gasteiger partial charge < -0.3 is 19.9 Å². The molecule has 3 aliphatic heterocycles. The van der Waals surface area contributed by atoms with E-state index in [0.29, 0.717) is 48.9 Å². The van der Waals surface area contributed by atoms with E-state index in [0.717, 1.165) is 19.4 Å². The van der Waals surface area contributed by atoms with Gasteiger partial charge in [-0.1, -0.05) is 53.5 Å². The smallest absolute Gasteiger partial charge is 0.317 e. The van der Waals surface area contributed by atoms with Crippen molar-refractivity contribution in [3.8, 4) is 34.5 Å². The molecule has 5 heterocycles. The lowest BCUT2D eigenvalue weighted by molar-refractivity contribution is -0.124. The summed E-state index contributed by atoms with van der Waals surface area (Å²) in [4.78, 5) is 29.5. The van der Waals surface area contributed by atoms with Gasteiger partial charge in [-0.15, -0.1) is 5.54 Å². The number of benzene rings is 2. The lowest BCUT2D eigenvalue weighted by Gasteiger charge is -2.38. The maximum absolute atomic E-state index is 17.6. The van der Waals surface area contributed by atoms with E-state index in [1.54, 1.807) is 18.2 Å². The number of nitrogens with two attached hydrogens (primary N) is 1. The monoisotopic (exact) mass is 802 g/mol. The van der Waals surface area contributed by atoms with Gasteiger partial charge in [0.1, 0.15) is 49.2 Å². The molecule has 57 heavy (non-hydrogen) atoms. The number of hydrogen-bond donors (Lipinski definition) is 2. The molecule has 3 fully saturated rings. The highest BCUT2D eigenvalue weighted by atomic mass is 28.3. The highest BCUT2D eigenvalue weighted by Gasteiger charge is 2.50. The first-order valence-corrected chi connectivity index (χ1v) is 22.3. The summed E-state index contributed by atoms with van der Waals surface area (Å²) in [5, 5.41) is 4.29. The van der Waals surface area contributed by atoms with Gasteiger partial charge in [0.15, 0.2) is 12.6 Å². The van der Waals surface area contributed by atoms with Crippen molar-refractivity contribution in [2.24, 2.45) is 5.73 Å². The Bertz CT molecular complexity index is 2230. The summed E-state index contributed by atoms with van der Waals surface area (Å²) in [6.45, 7) is 14.7. The molecule has 2 aromatic heterocycles. The number of ether oxygens (including phenoxy) is 3. The first kappa shape index (κ1) is 40.9. The Hall–Kier alpha value is -4.29. The second kappa shape index (κ2) is 15.8. The van der Waals surface area contributed by atoms with Gasteiger partial charge in [0.25, 0.3) is 0 Å². The number of rotatable bonds is 12. The van der Waals surface area contributed by atoms with Crippen LogP contribution in [0.15, 0.2) is 30.5 Å². The molecule has 7 rings (SSSR count). The minimum Gasteiger partial charge on any atom is -0.468 e. The van der Waals surface area contributed by atoms with Crippen LogP contribution in [-0.2, 0) is 15.1 Å². The number of halogens is 3. The summed E-state index contributed by atoms with van der Waals surface area (Å²) < 4.78 is 65.7. The van der Waals surface area contributed by atoms with Crippen molar-refractivity contribution in [3.63, 3.8) is 0 Å². The summed E-state index contributed by atoms with van der Waals surface area (Å²) in [5.41, 5.74) is 8.73. The zero-order chi connectivity index (χ0) is 40.9. The van der Waals surface area contributed by atoms with E-state index < -0.39 is 42.9 Å². The molecule has 304 valence electrons. The fourth-order valence-electron chi connectivity index (χ4n) is 10.1. The minimum atomic E-state index is -2.35. The Balaban J connectivity index is 1.49. The number of nitrogens with zero attached hydrogens (tertiary/aromatic N) is 4. The van der Waals surface area contributed by atoms with Crippen molar-refractivity contribution in [3.05, 3.63) is 53.4 Å². The van der Waals surface area contributed by atoms with Crippen LogP contribution in [0, 0.1) is 23.1 Å². The lowest BCUT2D eigenvalue weighted by Crippen LogP contribution is -2.49. The van der Waals surface area contributed by atoms with Crippen molar-refractivity contribution in [2.45, 2.75) is 108 Å². The van der Waals surface area contributed by atoms with Gasteiger partial charge in [-0.3, -0.25) is 15.0 Å². The molecule has 4 aromatic rings. The Morgan fingerprint density at radius 1 is 1.07 bits per heavy atom. The fourth-order valence-corrected chi connectivity index (χ4v) is 15.3. The number of alkyl halides is 1. The van der Waals surface area contributed by atoms with Crippen LogP contribution >= 0.6 is 0 Å². The molecule has 2 aromatic carbocycles. The highest BCUT2D eigenvalue weighted by molar-refractivity contribution is 6.90. The maximum atomic E-state index is 17.6. The van der Waals surface area contributed by atoms with Crippen molar-refractivity contribution in [2.75, 3.05) is 40.1 Å². The molecular weight excluding hydrogens is 750 g/mol. The normalized spacial score (nSPS) is 22.5. The predicted molar refractivity (Wildman–Crippen MR) is 217 cm³/mol. The number of carbonyl (C=O) groups is 1. The molecule has 0 spiro atoms. The van der Waals surface area contributed by atoms with Crippen LogP contribution < -0.4 is 20.5 Å². The number of hydrogen-bond acceptors (Lipinski definition) is 9. The molecule has 0 bridgehead atoms. The number of aromatic nitrogens is 3. The van der Waals surface area contributed by atoms with Gasteiger partial charge in [-0.05, 0) is 79.0 Å². The quantitative estimate of drug-likeness (QED) is 0.0843. The molecule has 1 unspecified atom stereocenters. The topological polar surface area (TPSA) is 125 Å². The average molecular weight is 803 g/mol. The van der Waals surface area contributed by atoms with Crippen molar-refractivity contribution < 1.29 is 32.2 Å². The molecular formula is C43H53F3N6O4Si. The largest absolute Gasteiger partial charge is 0.468 e. The molecule has 3 aliphatic rings. The van der Waals surface area contributed by atoms with Crippen LogP contribution in [0.25, 0.3) is 32.9 Å². The molecule has 3 saturated heterocycles. The number of amides is 1. The Labute approximate surface area is 333 Å².